The smallest absolute Gasteiger partial charge is 0.276 e. The Bertz CT molecular complexity index is 780. The van der Waals surface area contributed by atoms with E-state index >= 15 is 0 Å². The molecule has 1 aromatic heterocycles. The van der Waals surface area contributed by atoms with E-state index in [1.807, 2.05) is 18.2 Å². The summed E-state index contributed by atoms with van der Waals surface area (Å²) >= 11 is 0. The number of ether oxygens (including phenoxy) is 1. The Morgan fingerprint density at radius 2 is 2.00 bits per heavy atom. The van der Waals surface area contributed by atoms with Gasteiger partial charge < -0.3 is 9.15 Å². The standard InChI is InChI=1S/C16H17NO4S/c18-22(19,15-6-3-10-20-15)17-9-11-21-16(12-17)8-7-13-4-1-2-5-14(13)16/h1-6,10H,7-9,11-12H2. The van der Waals surface area contributed by atoms with Crippen LogP contribution in [0.15, 0.2) is 52.2 Å². The van der Waals surface area contributed by atoms with Crippen molar-refractivity contribution in [1.82, 2.24) is 4.31 Å². The van der Waals surface area contributed by atoms with Gasteiger partial charge in [-0.05, 0) is 36.1 Å². The van der Waals surface area contributed by atoms with Gasteiger partial charge in [0, 0.05) is 13.1 Å². The molecule has 0 saturated carbocycles. The molecule has 1 unspecified atom stereocenters. The van der Waals surface area contributed by atoms with Crippen LogP contribution in [0.4, 0.5) is 0 Å². The van der Waals surface area contributed by atoms with Gasteiger partial charge in [0.1, 0.15) is 5.60 Å². The second kappa shape index (κ2) is 4.94. The molecule has 2 heterocycles. The van der Waals surface area contributed by atoms with Crippen molar-refractivity contribution in [2.24, 2.45) is 0 Å². The van der Waals surface area contributed by atoms with E-state index in [4.69, 9.17) is 9.15 Å². The Hall–Kier alpha value is -1.63. The SMILES string of the molecule is O=S(=O)(c1ccco1)N1CCOC2(CCc3ccccc32)C1. The number of nitrogens with zero attached hydrogens (tertiary/aromatic N) is 1. The fraction of sp³-hybridized carbons (Fsp3) is 0.375. The van der Waals surface area contributed by atoms with Crippen molar-refractivity contribution in [3.63, 3.8) is 0 Å². The summed E-state index contributed by atoms with van der Waals surface area (Å²) in [6.45, 7) is 1.09. The van der Waals surface area contributed by atoms with Gasteiger partial charge in [-0.2, -0.15) is 4.31 Å². The second-order valence-electron chi connectivity index (χ2n) is 5.77. The number of aryl methyl sites for hydroxylation is 1. The lowest BCUT2D eigenvalue weighted by Crippen LogP contribution is -2.50. The van der Waals surface area contributed by atoms with Crippen LogP contribution < -0.4 is 0 Å². The highest BCUT2D eigenvalue weighted by atomic mass is 32.2. The maximum Gasteiger partial charge on any atom is 0.276 e. The van der Waals surface area contributed by atoms with Crippen molar-refractivity contribution in [2.45, 2.75) is 23.5 Å². The predicted molar refractivity (Wildman–Crippen MR) is 79.9 cm³/mol. The van der Waals surface area contributed by atoms with E-state index in [1.165, 1.54) is 22.2 Å². The molecule has 2 aliphatic rings. The molecule has 1 atom stereocenters. The lowest BCUT2D eigenvalue weighted by Gasteiger charge is -2.40. The van der Waals surface area contributed by atoms with Crippen LogP contribution in [0.2, 0.25) is 0 Å². The van der Waals surface area contributed by atoms with Gasteiger partial charge >= 0.3 is 0 Å². The summed E-state index contributed by atoms with van der Waals surface area (Å²) in [5, 5.41) is -0.00386. The van der Waals surface area contributed by atoms with Gasteiger partial charge in [0.25, 0.3) is 10.0 Å². The average Bonchev–Trinajstić information content (AvgIpc) is 3.18. The zero-order chi connectivity index (χ0) is 15.2. The Morgan fingerprint density at radius 1 is 1.14 bits per heavy atom. The van der Waals surface area contributed by atoms with Crippen molar-refractivity contribution < 1.29 is 17.6 Å². The molecule has 1 aliphatic heterocycles. The first-order chi connectivity index (χ1) is 10.6. The first-order valence-electron chi connectivity index (χ1n) is 7.38. The van der Waals surface area contributed by atoms with Crippen LogP contribution in [-0.2, 0) is 26.8 Å². The van der Waals surface area contributed by atoms with Crippen LogP contribution in [-0.4, -0.2) is 32.4 Å². The molecule has 2 aromatic rings. The lowest BCUT2D eigenvalue weighted by molar-refractivity contribution is -0.0935. The third-order valence-corrected chi connectivity index (χ3v) is 6.28. The topological polar surface area (TPSA) is 59.8 Å². The molecule has 116 valence electrons. The van der Waals surface area contributed by atoms with Gasteiger partial charge in [-0.1, -0.05) is 24.3 Å². The third kappa shape index (κ3) is 2.02. The number of rotatable bonds is 2. The molecule has 1 fully saturated rings. The molecule has 5 nitrogen and oxygen atoms in total. The fourth-order valence-corrected chi connectivity index (χ4v) is 4.84. The van der Waals surface area contributed by atoms with Crippen molar-refractivity contribution in [1.29, 1.82) is 0 Å². The monoisotopic (exact) mass is 319 g/mol. The number of sulfonamides is 1. The quantitative estimate of drug-likeness (QED) is 0.851. The number of hydrogen-bond acceptors (Lipinski definition) is 4. The highest BCUT2D eigenvalue weighted by Gasteiger charge is 2.46. The predicted octanol–water partition coefficient (Wildman–Crippen LogP) is 2.14. The second-order valence-corrected chi connectivity index (χ2v) is 7.64. The zero-order valence-electron chi connectivity index (χ0n) is 12.1. The summed E-state index contributed by atoms with van der Waals surface area (Å²) in [5.41, 5.74) is 1.85. The number of benzene rings is 1. The number of furan rings is 1. The Labute approximate surface area is 129 Å². The molecule has 1 saturated heterocycles. The molecule has 0 N–H and O–H groups in total. The molecule has 0 bridgehead atoms. The summed E-state index contributed by atoms with van der Waals surface area (Å²) in [6, 6.07) is 11.2. The van der Waals surface area contributed by atoms with Crippen LogP contribution in [0.1, 0.15) is 17.5 Å². The summed E-state index contributed by atoms with van der Waals surface area (Å²) in [6.07, 6.45) is 3.12. The van der Waals surface area contributed by atoms with E-state index in [1.54, 1.807) is 6.07 Å². The van der Waals surface area contributed by atoms with E-state index in [0.717, 1.165) is 18.4 Å². The molecular weight excluding hydrogens is 302 g/mol. The molecular formula is C16H17NO4S. The first-order valence-corrected chi connectivity index (χ1v) is 8.82. The maximum absolute atomic E-state index is 12.7. The van der Waals surface area contributed by atoms with Gasteiger partial charge in [-0.3, -0.25) is 0 Å². The van der Waals surface area contributed by atoms with Crippen LogP contribution in [0.3, 0.4) is 0 Å². The van der Waals surface area contributed by atoms with E-state index in [9.17, 15) is 8.42 Å². The van der Waals surface area contributed by atoms with Crippen LogP contribution >= 0.6 is 0 Å². The van der Waals surface area contributed by atoms with Crippen LogP contribution in [0.5, 0.6) is 0 Å². The van der Waals surface area contributed by atoms with E-state index < -0.39 is 15.6 Å². The largest absolute Gasteiger partial charge is 0.452 e. The number of morpholine rings is 1. The van der Waals surface area contributed by atoms with Crippen molar-refractivity contribution >= 4 is 10.0 Å². The highest BCUT2D eigenvalue weighted by molar-refractivity contribution is 7.89. The van der Waals surface area contributed by atoms with Gasteiger partial charge in [0.05, 0.1) is 12.9 Å². The normalized spacial score (nSPS) is 25.5. The van der Waals surface area contributed by atoms with Gasteiger partial charge in [-0.25, -0.2) is 8.42 Å². The molecule has 0 radical (unpaired) electrons. The lowest BCUT2D eigenvalue weighted by atomic mass is 9.94. The number of fused-ring (bicyclic) bond motifs is 2. The number of hydrogen-bond donors (Lipinski definition) is 0. The molecule has 4 rings (SSSR count). The van der Waals surface area contributed by atoms with Crippen molar-refractivity contribution in [3.8, 4) is 0 Å². The third-order valence-electron chi connectivity index (χ3n) is 4.55. The van der Waals surface area contributed by atoms with Crippen molar-refractivity contribution in [2.75, 3.05) is 19.7 Å². The Kier molecular flexibility index (Phi) is 3.14. The molecule has 1 aliphatic carbocycles. The van der Waals surface area contributed by atoms with E-state index in [0.29, 0.717) is 19.7 Å². The minimum atomic E-state index is -3.60. The first kappa shape index (κ1) is 14.0. The minimum Gasteiger partial charge on any atom is -0.452 e. The van der Waals surface area contributed by atoms with E-state index in [-0.39, 0.29) is 5.09 Å². The molecule has 1 spiro atoms. The molecule has 0 amide bonds. The summed E-state index contributed by atoms with van der Waals surface area (Å²) < 4.78 is 38.0. The van der Waals surface area contributed by atoms with Gasteiger partial charge in [0.15, 0.2) is 0 Å². The van der Waals surface area contributed by atoms with E-state index in [2.05, 4.69) is 6.07 Å². The molecule has 22 heavy (non-hydrogen) atoms. The summed E-state index contributed by atoms with van der Waals surface area (Å²) in [5.74, 6) is 0. The summed E-state index contributed by atoms with van der Waals surface area (Å²) in [7, 11) is -3.60. The van der Waals surface area contributed by atoms with Gasteiger partial charge in [0.2, 0.25) is 5.09 Å². The average molecular weight is 319 g/mol. The summed E-state index contributed by atoms with van der Waals surface area (Å²) in [4.78, 5) is 0. The van der Waals surface area contributed by atoms with Crippen LogP contribution in [0, 0.1) is 0 Å². The van der Waals surface area contributed by atoms with Gasteiger partial charge in [-0.15, -0.1) is 0 Å². The minimum absolute atomic E-state index is 0.00386. The highest BCUT2D eigenvalue weighted by Crippen LogP contribution is 2.43. The molecule has 1 aromatic carbocycles. The fourth-order valence-electron chi connectivity index (χ4n) is 3.46. The molecule has 6 heteroatoms. The van der Waals surface area contributed by atoms with Crippen LogP contribution in [0.25, 0.3) is 0 Å². The Morgan fingerprint density at radius 3 is 2.82 bits per heavy atom. The van der Waals surface area contributed by atoms with Crippen molar-refractivity contribution in [3.05, 3.63) is 53.8 Å². The zero-order valence-corrected chi connectivity index (χ0v) is 12.9. The maximum atomic E-state index is 12.7. The Balaban J connectivity index is 1.70.